The molecule has 0 fully saturated rings. The summed E-state index contributed by atoms with van der Waals surface area (Å²) >= 11 is 0. The van der Waals surface area contributed by atoms with Crippen LogP contribution in [0.3, 0.4) is 0 Å². The third-order valence-corrected chi connectivity index (χ3v) is 2.70. The third kappa shape index (κ3) is 3.07. The molecule has 0 saturated carbocycles. The van der Waals surface area contributed by atoms with Gasteiger partial charge in [0.2, 0.25) is 0 Å². The SMILES string of the molecule is CS(=O)(=O)Oc1ccccc1-c1ccccc1. The van der Waals surface area contributed by atoms with Crippen LogP contribution in [0.4, 0.5) is 0 Å². The Kier molecular flexibility index (Phi) is 3.15. The molecule has 0 spiro atoms. The van der Waals surface area contributed by atoms with Crippen molar-refractivity contribution in [3.8, 4) is 16.9 Å². The highest BCUT2D eigenvalue weighted by atomic mass is 32.2. The molecule has 0 aliphatic carbocycles. The molecule has 2 aromatic carbocycles. The van der Waals surface area contributed by atoms with Crippen molar-refractivity contribution in [1.82, 2.24) is 0 Å². The third-order valence-electron chi connectivity index (χ3n) is 2.21. The maximum Gasteiger partial charge on any atom is 0.306 e. The van der Waals surface area contributed by atoms with Gasteiger partial charge >= 0.3 is 10.1 Å². The molecule has 17 heavy (non-hydrogen) atoms. The van der Waals surface area contributed by atoms with Crippen molar-refractivity contribution in [2.75, 3.05) is 6.26 Å². The van der Waals surface area contributed by atoms with Gasteiger partial charge < -0.3 is 4.18 Å². The van der Waals surface area contributed by atoms with Gasteiger partial charge in [-0.1, -0.05) is 48.5 Å². The average molecular weight is 248 g/mol. The molecule has 88 valence electrons. The summed E-state index contributed by atoms with van der Waals surface area (Å²) in [5, 5.41) is 0. The quantitative estimate of drug-likeness (QED) is 0.784. The van der Waals surface area contributed by atoms with Gasteiger partial charge in [-0.05, 0) is 11.6 Å². The van der Waals surface area contributed by atoms with Crippen molar-refractivity contribution in [1.29, 1.82) is 0 Å². The molecule has 0 unspecified atom stereocenters. The smallest absolute Gasteiger partial charge is 0.306 e. The molecule has 0 radical (unpaired) electrons. The minimum absolute atomic E-state index is 0.348. The highest BCUT2D eigenvalue weighted by Crippen LogP contribution is 2.30. The molecule has 0 N–H and O–H groups in total. The monoisotopic (exact) mass is 248 g/mol. The zero-order chi connectivity index (χ0) is 12.3. The van der Waals surface area contributed by atoms with E-state index in [1.54, 1.807) is 12.1 Å². The summed E-state index contributed by atoms with van der Waals surface area (Å²) in [6.07, 6.45) is 1.04. The van der Waals surface area contributed by atoms with Gasteiger partial charge in [0.1, 0.15) is 5.75 Å². The summed E-state index contributed by atoms with van der Waals surface area (Å²) in [6, 6.07) is 16.6. The Balaban J connectivity index is 2.49. The first-order valence-corrected chi connectivity index (χ1v) is 6.92. The van der Waals surface area contributed by atoms with Crippen LogP contribution in [0.2, 0.25) is 0 Å². The second-order valence-corrected chi connectivity index (χ2v) is 5.22. The van der Waals surface area contributed by atoms with Crippen LogP contribution in [0.5, 0.6) is 5.75 Å². The van der Waals surface area contributed by atoms with Crippen LogP contribution >= 0.6 is 0 Å². The fourth-order valence-electron chi connectivity index (χ4n) is 1.56. The van der Waals surface area contributed by atoms with E-state index in [1.807, 2.05) is 42.5 Å². The highest BCUT2D eigenvalue weighted by molar-refractivity contribution is 7.86. The number of hydrogen-bond acceptors (Lipinski definition) is 3. The molecule has 3 nitrogen and oxygen atoms in total. The summed E-state index contributed by atoms with van der Waals surface area (Å²) in [6.45, 7) is 0. The van der Waals surface area contributed by atoms with Gasteiger partial charge in [0.25, 0.3) is 0 Å². The lowest BCUT2D eigenvalue weighted by Gasteiger charge is -2.09. The molecular weight excluding hydrogens is 236 g/mol. The molecule has 2 aromatic rings. The second kappa shape index (κ2) is 4.59. The zero-order valence-electron chi connectivity index (χ0n) is 9.33. The van der Waals surface area contributed by atoms with E-state index in [4.69, 9.17) is 4.18 Å². The standard InChI is InChI=1S/C13H12O3S/c1-17(14,15)16-13-10-6-5-9-12(13)11-7-3-2-4-8-11/h2-10H,1H3. The van der Waals surface area contributed by atoms with E-state index in [1.165, 1.54) is 0 Å². The van der Waals surface area contributed by atoms with Crippen molar-refractivity contribution < 1.29 is 12.6 Å². The van der Waals surface area contributed by atoms with Crippen molar-refractivity contribution in [3.63, 3.8) is 0 Å². The van der Waals surface area contributed by atoms with Crippen LogP contribution in [0.25, 0.3) is 11.1 Å². The summed E-state index contributed by atoms with van der Waals surface area (Å²) in [7, 11) is -3.51. The highest BCUT2D eigenvalue weighted by Gasteiger charge is 2.10. The van der Waals surface area contributed by atoms with Crippen LogP contribution in [0, 0.1) is 0 Å². The fraction of sp³-hybridized carbons (Fsp3) is 0.0769. The summed E-state index contributed by atoms with van der Waals surface area (Å²) in [5.74, 6) is 0.348. The Morgan fingerprint density at radius 3 is 2.12 bits per heavy atom. The number of benzene rings is 2. The Labute approximate surface area is 101 Å². The number of rotatable bonds is 3. The number of hydrogen-bond donors (Lipinski definition) is 0. The summed E-state index contributed by atoms with van der Waals surface area (Å²) in [5.41, 5.74) is 1.69. The zero-order valence-corrected chi connectivity index (χ0v) is 10.1. The van der Waals surface area contributed by atoms with Gasteiger partial charge in [-0.25, -0.2) is 0 Å². The Bertz CT molecular complexity index is 604. The number of para-hydroxylation sites is 1. The molecule has 0 heterocycles. The van der Waals surface area contributed by atoms with E-state index in [-0.39, 0.29) is 0 Å². The van der Waals surface area contributed by atoms with E-state index in [9.17, 15) is 8.42 Å². The topological polar surface area (TPSA) is 43.4 Å². The van der Waals surface area contributed by atoms with E-state index < -0.39 is 10.1 Å². The van der Waals surface area contributed by atoms with Crippen molar-refractivity contribution in [2.45, 2.75) is 0 Å². The van der Waals surface area contributed by atoms with Crippen molar-refractivity contribution in [2.24, 2.45) is 0 Å². The van der Waals surface area contributed by atoms with E-state index in [0.717, 1.165) is 17.4 Å². The van der Waals surface area contributed by atoms with Crippen molar-refractivity contribution >= 4 is 10.1 Å². The van der Waals surface area contributed by atoms with Crippen LogP contribution in [0.15, 0.2) is 54.6 Å². The van der Waals surface area contributed by atoms with Crippen LogP contribution in [-0.4, -0.2) is 14.7 Å². The van der Waals surface area contributed by atoms with Crippen LogP contribution in [-0.2, 0) is 10.1 Å². The molecule has 0 atom stereocenters. The Hall–Kier alpha value is -1.81. The molecule has 0 aromatic heterocycles. The summed E-state index contributed by atoms with van der Waals surface area (Å²) < 4.78 is 27.3. The molecular formula is C13H12O3S. The first-order chi connectivity index (χ1) is 8.06. The van der Waals surface area contributed by atoms with E-state index in [2.05, 4.69) is 0 Å². The lowest BCUT2D eigenvalue weighted by molar-refractivity contribution is 0.494. The predicted octanol–water partition coefficient (Wildman–Crippen LogP) is 2.69. The van der Waals surface area contributed by atoms with E-state index >= 15 is 0 Å². The second-order valence-electron chi connectivity index (χ2n) is 3.65. The molecule has 0 bridgehead atoms. The molecule has 0 saturated heterocycles. The van der Waals surface area contributed by atoms with Crippen molar-refractivity contribution in [3.05, 3.63) is 54.6 Å². The van der Waals surface area contributed by atoms with Gasteiger partial charge in [0.05, 0.1) is 6.26 Å². The van der Waals surface area contributed by atoms with Gasteiger partial charge in [0.15, 0.2) is 0 Å². The van der Waals surface area contributed by atoms with Gasteiger partial charge in [0, 0.05) is 5.56 Å². The largest absolute Gasteiger partial charge is 0.382 e. The van der Waals surface area contributed by atoms with Crippen LogP contribution in [0.1, 0.15) is 0 Å². The van der Waals surface area contributed by atoms with Gasteiger partial charge in [-0.2, -0.15) is 8.42 Å². The normalized spacial score (nSPS) is 11.1. The first-order valence-electron chi connectivity index (χ1n) is 5.10. The fourth-order valence-corrected chi connectivity index (χ4v) is 2.03. The lowest BCUT2D eigenvalue weighted by atomic mass is 10.1. The Morgan fingerprint density at radius 1 is 0.882 bits per heavy atom. The van der Waals surface area contributed by atoms with E-state index in [0.29, 0.717) is 5.75 Å². The maximum absolute atomic E-state index is 11.2. The van der Waals surface area contributed by atoms with Gasteiger partial charge in [-0.15, -0.1) is 0 Å². The molecule has 2 rings (SSSR count). The minimum Gasteiger partial charge on any atom is -0.382 e. The molecule has 0 amide bonds. The minimum atomic E-state index is -3.51. The molecule has 0 aliphatic heterocycles. The Morgan fingerprint density at radius 2 is 1.47 bits per heavy atom. The lowest BCUT2D eigenvalue weighted by Crippen LogP contribution is -2.06. The molecule has 0 aliphatic rings. The van der Waals surface area contributed by atoms with Crippen LogP contribution < -0.4 is 4.18 Å². The molecule has 4 heteroatoms. The predicted molar refractivity (Wildman–Crippen MR) is 67.3 cm³/mol. The average Bonchev–Trinajstić information content (AvgIpc) is 2.29. The summed E-state index contributed by atoms with van der Waals surface area (Å²) in [4.78, 5) is 0. The first kappa shape index (κ1) is 11.7. The maximum atomic E-state index is 11.2. The van der Waals surface area contributed by atoms with Gasteiger partial charge in [-0.3, -0.25) is 0 Å².